The van der Waals surface area contributed by atoms with Crippen molar-refractivity contribution in [3.8, 4) is 0 Å². The summed E-state index contributed by atoms with van der Waals surface area (Å²) >= 11 is 3.48. The molecule has 0 amide bonds. The maximum atomic E-state index is 11.0. The van der Waals surface area contributed by atoms with Crippen LogP contribution in [0.2, 0.25) is 0 Å². The van der Waals surface area contributed by atoms with Crippen LogP contribution in [-0.4, -0.2) is 15.6 Å². The van der Waals surface area contributed by atoms with Crippen molar-refractivity contribution in [2.24, 2.45) is 0 Å². The summed E-state index contributed by atoms with van der Waals surface area (Å²) in [5.74, 6) is -0.805. The van der Waals surface area contributed by atoms with Crippen molar-refractivity contribution in [2.45, 2.75) is 13.0 Å². The van der Waals surface area contributed by atoms with Crippen LogP contribution in [0.5, 0.6) is 0 Å². The van der Waals surface area contributed by atoms with Gasteiger partial charge in [-0.25, -0.2) is 0 Å². The molecule has 1 heterocycles. The number of carboxylic acids is 1. The monoisotopic (exact) mass is 343 g/mol. The van der Waals surface area contributed by atoms with Crippen molar-refractivity contribution in [1.82, 2.24) is 4.57 Å². The average molecular weight is 344 g/mol. The van der Waals surface area contributed by atoms with Gasteiger partial charge in [0.15, 0.2) is 0 Å². The number of hydrogen-bond donors (Lipinski definition) is 1. The largest absolute Gasteiger partial charge is 0.481 e. The molecule has 0 radical (unpaired) electrons. The Hall–Kier alpha value is -2.07. The van der Waals surface area contributed by atoms with Gasteiger partial charge in [-0.15, -0.1) is 0 Å². The molecule has 0 aliphatic heterocycles. The van der Waals surface area contributed by atoms with Gasteiger partial charge in [0.1, 0.15) is 0 Å². The van der Waals surface area contributed by atoms with E-state index in [1.54, 1.807) is 0 Å². The van der Waals surface area contributed by atoms with Crippen LogP contribution >= 0.6 is 15.9 Å². The smallest absolute Gasteiger partial charge is 0.307 e. The first-order valence-corrected chi connectivity index (χ1v) is 7.46. The normalized spacial score (nSPS) is 10.9. The van der Waals surface area contributed by atoms with Crippen LogP contribution in [0, 0.1) is 0 Å². The average Bonchev–Trinajstić information content (AvgIpc) is 2.77. The summed E-state index contributed by atoms with van der Waals surface area (Å²) in [6, 6.07) is 16.1. The fourth-order valence-electron chi connectivity index (χ4n) is 2.59. The number of rotatable bonds is 4. The van der Waals surface area contributed by atoms with E-state index >= 15 is 0 Å². The van der Waals surface area contributed by atoms with Crippen molar-refractivity contribution < 1.29 is 9.90 Å². The highest BCUT2D eigenvalue weighted by atomic mass is 79.9. The van der Waals surface area contributed by atoms with Gasteiger partial charge in [0.05, 0.1) is 6.42 Å². The van der Waals surface area contributed by atoms with Crippen LogP contribution < -0.4 is 0 Å². The maximum Gasteiger partial charge on any atom is 0.307 e. The third kappa shape index (κ3) is 3.00. The van der Waals surface area contributed by atoms with Gasteiger partial charge in [-0.3, -0.25) is 4.79 Å². The Morgan fingerprint density at radius 1 is 1.14 bits per heavy atom. The van der Waals surface area contributed by atoms with E-state index in [4.69, 9.17) is 5.11 Å². The Bertz CT molecular complexity index is 807. The van der Waals surface area contributed by atoms with Crippen molar-refractivity contribution in [1.29, 1.82) is 0 Å². The fourth-order valence-corrected chi connectivity index (χ4v) is 3.04. The molecule has 3 nitrogen and oxygen atoms in total. The van der Waals surface area contributed by atoms with E-state index in [0.717, 1.165) is 27.5 Å². The predicted molar refractivity (Wildman–Crippen MR) is 86.5 cm³/mol. The third-order valence-corrected chi connectivity index (χ3v) is 3.95. The standard InChI is InChI=1S/C17H14BrNO2/c18-14-5-3-4-12(8-14)10-19-11-13(9-17(20)21)15-6-1-2-7-16(15)19/h1-8,11H,9-10H2,(H,20,21). The highest BCUT2D eigenvalue weighted by molar-refractivity contribution is 9.10. The molecule has 0 saturated carbocycles. The predicted octanol–water partition coefficient (Wildman–Crippen LogP) is 4.08. The number of carboxylic acid groups (broad SMARTS) is 1. The van der Waals surface area contributed by atoms with Crippen LogP contribution in [0.4, 0.5) is 0 Å². The summed E-state index contributed by atoms with van der Waals surface area (Å²) in [7, 11) is 0. The number of nitrogens with zero attached hydrogens (tertiary/aromatic N) is 1. The molecule has 0 unspecified atom stereocenters. The molecule has 4 heteroatoms. The Morgan fingerprint density at radius 3 is 2.71 bits per heavy atom. The molecule has 3 rings (SSSR count). The zero-order chi connectivity index (χ0) is 14.8. The van der Waals surface area contributed by atoms with Crippen LogP contribution in [0.1, 0.15) is 11.1 Å². The van der Waals surface area contributed by atoms with Crippen molar-refractivity contribution in [3.05, 3.63) is 70.3 Å². The zero-order valence-corrected chi connectivity index (χ0v) is 12.9. The molecule has 0 aliphatic rings. The second kappa shape index (κ2) is 5.74. The summed E-state index contributed by atoms with van der Waals surface area (Å²) in [5.41, 5.74) is 3.09. The maximum absolute atomic E-state index is 11.0. The first kappa shape index (κ1) is 13.9. The van der Waals surface area contributed by atoms with Gasteiger partial charge in [0.25, 0.3) is 0 Å². The second-order valence-corrected chi connectivity index (χ2v) is 5.92. The minimum absolute atomic E-state index is 0.0476. The molecular weight excluding hydrogens is 330 g/mol. The number of para-hydroxylation sites is 1. The molecule has 0 spiro atoms. The van der Waals surface area contributed by atoms with Gasteiger partial charge < -0.3 is 9.67 Å². The number of aromatic nitrogens is 1. The quantitative estimate of drug-likeness (QED) is 0.775. The molecule has 0 saturated heterocycles. The molecule has 0 fully saturated rings. The van der Waals surface area contributed by atoms with E-state index in [-0.39, 0.29) is 6.42 Å². The van der Waals surface area contributed by atoms with Crippen molar-refractivity contribution in [2.75, 3.05) is 0 Å². The van der Waals surface area contributed by atoms with Gasteiger partial charge >= 0.3 is 5.97 Å². The lowest BCUT2D eigenvalue weighted by Crippen LogP contribution is -2.00. The third-order valence-electron chi connectivity index (χ3n) is 3.45. The van der Waals surface area contributed by atoms with E-state index in [1.165, 1.54) is 5.56 Å². The molecule has 1 N–H and O–H groups in total. The highest BCUT2D eigenvalue weighted by Gasteiger charge is 2.11. The fraction of sp³-hybridized carbons (Fsp3) is 0.118. The molecule has 3 aromatic rings. The Balaban J connectivity index is 2.04. The molecule has 106 valence electrons. The second-order valence-electron chi connectivity index (χ2n) is 5.00. The molecule has 0 bridgehead atoms. The zero-order valence-electron chi connectivity index (χ0n) is 11.3. The SMILES string of the molecule is O=C(O)Cc1cn(Cc2cccc(Br)c2)c2ccccc12. The first-order valence-electron chi connectivity index (χ1n) is 6.66. The topological polar surface area (TPSA) is 42.2 Å². The molecule has 1 aromatic heterocycles. The van der Waals surface area contributed by atoms with E-state index in [0.29, 0.717) is 0 Å². The van der Waals surface area contributed by atoms with Crippen LogP contribution in [0.3, 0.4) is 0 Å². The lowest BCUT2D eigenvalue weighted by molar-refractivity contribution is -0.136. The summed E-state index contributed by atoms with van der Waals surface area (Å²) in [4.78, 5) is 11.0. The summed E-state index contributed by atoms with van der Waals surface area (Å²) < 4.78 is 3.15. The Kier molecular flexibility index (Phi) is 3.80. The number of aliphatic carboxylic acids is 1. The first-order chi connectivity index (χ1) is 10.1. The highest BCUT2D eigenvalue weighted by Crippen LogP contribution is 2.23. The van der Waals surface area contributed by atoms with Gasteiger partial charge in [-0.2, -0.15) is 0 Å². The molecule has 21 heavy (non-hydrogen) atoms. The summed E-state index contributed by atoms with van der Waals surface area (Å²) in [6.07, 6.45) is 1.99. The van der Waals surface area contributed by atoms with Gasteiger partial charge in [0.2, 0.25) is 0 Å². The summed E-state index contributed by atoms with van der Waals surface area (Å²) in [6.45, 7) is 0.722. The number of benzene rings is 2. The van der Waals surface area contributed by atoms with E-state index < -0.39 is 5.97 Å². The Labute approximate surface area is 131 Å². The summed E-state index contributed by atoms with van der Waals surface area (Å²) in [5, 5.41) is 10.1. The van der Waals surface area contributed by atoms with E-state index in [1.807, 2.05) is 42.6 Å². The van der Waals surface area contributed by atoms with Gasteiger partial charge in [-0.1, -0.05) is 46.3 Å². The number of carbonyl (C=O) groups is 1. The molecule has 2 aromatic carbocycles. The number of hydrogen-bond acceptors (Lipinski definition) is 1. The Morgan fingerprint density at radius 2 is 1.95 bits per heavy atom. The molecule has 0 atom stereocenters. The van der Waals surface area contributed by atoms with Crippen LogP contribution in [-0.2, 0) is 17.8 Å². The lowest BCUT2D eigenvalue weighted by atomic mass is 10.1. The van der Waals surface area contributed by atoms with E-state index in [9.17, 15) is 4.79 Å². The van der Waals surface area contributed by atoms with Gasteiger partial charge in [0, 0.05) is 28.1 Å². The molecular formula is C17H14BrNO2. The van der Waals surface area contributed by atoms with Crippen molar-refractivity contribution in [3.63, 3.8) is 0 Å². The van der Waals surface area contributed by atoms with Crippen LogP contribution in [0.15, 0.2) is 59.2 Å². The number of halogens is 1. The number of fused-ring (bicyclic) bond motifs is 1. The minimum atomic E-state index is -0.805. The minimum Gasteiger partial charge on any atom is -0.481 e. The van der Waals surface area contributed by atoms with E-state index in [2.05, 4.69) is 32.6 Å². The van der Waals surface area contributed by atoms with Gasteiger partial charge in [-0.05, 0) is 29.3 Å². The van der Waals surface area contributed by atoms with Crippen LogP contribution in [0.25, 0.3) is 10.9 Å². The lowest BCUT2D eigenvalue weighted by Gasteiger charge is -2.06. The molecule has 0 aliphatic carbocycles. The van der Waals surface area contributed by atoms with Crippen molar-refractivity contribution >= 4 is 32.8 Å².